The van der Waals surface area contributed by atoms with Gasteiger partial charge in [-0.3, -0.25) is 9.71 Å². The molecule has 3 aromatic carbocycles. The van der Waals surface area contributed by atoms with Gasteiger partial charge in [-0.05, 0) is 85.5 Å². The first-order valence-corrected chi connectivity index (χ1v) is 15.3. The minimum atomic E-state index is -3.38. The molecule has 0 radical (unpaired) electrons. The minimum Gasteiger partial charge on any atom is -0.351 e. The zero-order chi connectivity index (χ0) is 28.0. The highest BCUT2D eigenvalue weighted by atomic mass is 32.2. The van der Waals surface area contributed by atoms with Gasteiger partial charge in [-0.15, -0.1) is 0 Å². The second-order valence-corrected chi connectivity index (χ2v) is 12.2. The molecule has 5 aromatic rings. The van der Waals surface area contributed by atoms with E-state index in [-0.39, 0.29) is 12.1 Å². The maximum absolute atomic E-state index is 11.7. The SMILES string of the molecule is Cc1cc([C@H]2[C@@H](c3ccccn3)NC(=S)N2c2ccc(NS(C)(=O)=O)cc2)c(C)n1-c1cccc2ccccc12. The summed E-state index contributed by atoms with van der Waals surface area (Å²) in [5, 5.41) is 6.48. The fraction of sp³-hybridized carbons (Fsp3) is 0.161. The molecule has 1 fully saturated rings. The number of aromatic nitrogens is 2. The number of pyridine rings is 1. The van der Waals surface area contributed by atoms with E-state index in [1.54, 1.807) is 18.3 Å². The molecule has 0 spiro atoms. The molecule has 1 aliphatic heterocycles. The Kier molecular flexibility index (Phi) is 6.56. The van der Waals surface area contributed by atoms with Crippen LogP contribution in [-0.4, -0.2) is 29.3 Å². The Morgan fingerprint density at radius 2 is 1.65 bits per heavy atom. The topological polar surface area (TPSA) is 79.3 Å². The van der Waals surface area contributed by atoms with Crippen LogP contribution in [0.5, 0.6) is 0 Å². The third-order valence-electron chi connectivity index (χ3n) is 7.34. The van der Waals surface area contributed by atoms with Crippen LogP contribution in [0.3, 0.4) is 0 Å². The summed E-state index contributed by atoms with van der Waals surface area (Å²) in [5.41, 5.74) is 6.74. The highest BCUT2D eigenvalue weighted by molar-refractivity contribution is 7.92. The molecular formula is C31H29N5O2S2. The molecule has 0 unspecified atom stereocenters. The van der Waals surface area contributed by atoms with Crippen LogP contribution in [-0.2, 0) is 10.0 Å². The fourth-order valence-corrected chi connectivity index (χ4v) is 6.62. The monoisotopic (exact) mass is 567 g/mol. The summed E-state index contributed by atoms with van der Waals surface area (Å²) in [4.78, 5) is 6.78. The van der Waals surface area contributed by atoms with Gasteiger partial charge in [0.05, 0.1) is 29.7 Å². The van der Waals surface area contributed by atoms with Crippen molar-refractivity contribution in [3.8, 4) is 5.69 Å². The first-order valence-electron chi connectivity index (χ1n) is 13.0. The van der Waals surface area contributed by atoms with Gasteiger partial charge in [0, 0.05) is 34.3 Å². The van der Waals surface area contributed by atoms with E-state index in [1.807, 2.05) is 30.3 Å². The lowest BCUT2D eigenvalue weighted by atomic mass is 9.96. The van der Waals surface area contributed by atoms with E-state index in [0.717, 1.165) is 40.3 Å². The molecule has 7 nitrogen and oxygen atoms in total. The maximum Gasteiger partial charge on any atom is 0.229 e. The average Bonchev–Trinajstić information content (AvgIpc) is 3.43. The van der Waals surface area contributed by atoms with E-state index < -0.39 is 10.0 Å². The Hall–Kier alpha value is -4.21. The van der Waals surface area contributed by atoms with Crippen molar-refractivity contribution in [2.24, 2.45) is 0 Å². The van der Waals surface area contributed by atoms with Gasteiger partial charge < -0.3 is 14.8 Å². The average molecular weight is 568 g/mol. The molecular weight excluding hydrogens is 539 g/mol. The summed E-state index contributed by atoms with van der Waals surface area (Å²) >= 11 is 5.91. The molecule has 9 heteroatoms. The number of anilines is 2. The molecule has 2 atom stereocenters. The van der Waals surface area contributed by atoms with E-state index >= 15 is 0 Å². The smallest absolute Gasteiger partial charge is 0.229 e. The Morgan fingerprint density at radius 1 is 0.925 bits per heavy atom. The molecule has 1 saturated heterocycles. The third-order valence-corrected chi connectivity index (χ3v) is 8.26. The molecule has 2 N–H and O–H groups in total. The Balaban J connectivity index is 1.50. The molecule has 0 aliphatic carbocycles. The number of nitrogens with zero attached hydrogens (tertiary/aromatic N) is 3. The first-order chi connectivity index (χ1) is 19.2. The van der Waals surface area contributed by atoms with Gasteiger partial charge in [-0.2, -0.15) is 0 Å². The first kappa shape index (κ1) is 26.0. The normalized spacial score (nSPS) is 17.3. The van der Waals surface area contributed by atoms with Gasteiger partial charge in [-0.25, -0.2) is 8.42 Å². The van der Waals surface area contributed by atoms with E-state index in [0.29, 0.717) is 10.8 Å². The van der Waals surface area contributed by atoms with Crippen LogP contribution in [0.2, 0.25) is 0 Å². The number of rotatable bonds is 6. The van der Waals surface area contributed by atoms with Gasteiger partial charge >= 0.3 is 0 Å². The summed E-state index contributed by atoms with van der Waals surface area (Å²) in [6.45, 7) is 4.28. The predicted octanol–water partition coefficient (Wildman–Crippen LogP) is 6.19. The second kappa shape index (κ2) is 10.1. The molecule has 0 amide bonds. The lowest BCUT2D eigenvalue weighted by molar-refractivity contribution is 0.565. The summed E-state index contributed by atoms with van der Waals surface area (Å²) in [7, 11) is -3.38. The standard InChI is InChI=1S/C31H29N5O2S2/c1-20-19-26(21(2)35(20)28-13-8-10-22-9-4-5-11-25(22)28)30-29(27-12-6-7-18-32-27)33-31(39)36(30)24-16-14-23(15-17-24)34-40(3,37)38/h4-19,29-30,34H,1-3H3,(H,33,39)/t29-,30+/m1/s1. The number of nitrogens with one attached hydrogen (secondary N) is 2. The second-order valence-electron chi connectivity index (χ2n) is 10.1. The van der Waals surface area contributed by atoms with Crippen LogP contribution < -0.4 is 14.9 Å². The van der Waals surface area contributed by atoms with Crippen molar-refractivity contribution >= 4 is 49.5 Å². The van der Waals surface area contributed by atoms with Crippen molar-refractivity contribution in [1.29, 1.82) is 0 Å². The van der Waals surface area contributed by atoms with E-state index in [1.165, 1.54) is 10.8 Å². The Labute approximate surface area is 239 Å². The van der Waals surface area contributed by atoms with Gasteiger partial charge in [-0.1, -0.05) is 42.5 Å². The van der Waals surface area contributed by atoms with Crippen molar-refractivity contribution in [2.75, 3.05) is 15.9 Å². The molecule has 202 valence electrons. The van der Waals surface area contributed by atoms with Gasteiger partial charge in [0.15, 0.2) is 5.11 Å². The molecule has 1 aliphatic rings. The number of thiocarbonyl (C=S) groups is 1. The lowest BCUT2D eigenvalue weighted by Gasteiger charge is -2.28. The number of hydrogen-bond acceptors (Lipinski definition) is 4. The minimum absolute atomic E-state index is 0.189. The van der Waals surface area contributed by atoms with E-state index in [9.17, 15) is 8.42 Å². The summed E-state index contributed by atoms with van der Waals surface area (Å²) in [6, 6.07) is 29.9. The highest BCUT2D eigenvalue weighted by Crippen LogP contribution is 2.44. The van der Waals surface area contributed by atoms with Crippen LogP contribution in [0, 0.1) is 13.8 Å². The number of aryl methyl sites for hydroxylation is 1. The van der Waals surface area contributed by atoms with Crippen LogP contribution in [0.4, 0.5) is 11.4 Å². The zero-order valence-corrected chi connectivity index (χ0v) is 24.0. The van der Waals surface area contributed by atoms with E-state index in [4.69, 9.17) is 12.2 Å². The van der Waals surface area contributed by atoms with Crippen LogP contribution in [0.1, 0.15) is 34.7 Å². The van der Waals surface area contributed by atoms with Crippen molar-refractivity contribution in [2.45, 2.75) is 25.9 Å². The number of hydrogen-bond donors (Lipinski definition) is 2. The molecule has 40 heavy (non-hydrogen) atoms. The lowest BCUT2D eigenvalue weighted by Crippen LogP contribution is -2.29. The van der Waals surface area contributed by atoms with Gasteiger partial charge in [0.25, 0.3) is 0 Å². The molecule has 3 heterocycles. The molecule has 0 bridgehead atoms. The van der Waals surface area contributed by atoms with Crippen molar-refractivity contribution in [3.05, 3.63) is 120 Å². The molecule has 0 saturated carbocycles. The van der Waals surface area contributed by atoms with Gasteiger partial charge in [0.2, 0.25) is 10.0 Å². The maximum atomic E-state index is 11.7. The van der Waals surface area contributed by atoms with E-state index in [2.05, 4.69) is 86.9 Å². The van der Waals surface area contributed by atoms with Crippen LogP contribution in [0.15, 0.2) is 97.2 Å². The Morgan fingerprint density at radius 3 is 2.38 bits per heavy atom. The number of fused-ring (bicyclic) bond motifs is 1. The van der Waals surface area contributed by atoms with Crippen molar-refractivity contribution < 1.29 is 8.42 Å². The summed E-state index contributed by atoms with van der Waals surface area (Å²) in [5.74, 6) is 0. The predicted molar refractivity (Wildman–Crippen MR) is 166 cm³/mol. The number of sulfonamides is 1. The quantitative estimate of drug-likeness (QED) is 0.238. The number of benzene rings is 3. The molecule has 6 rings (SSSR count). The van der Waals surface area contributed by atoms with Crippen LogP contribution >= 0.6 is 12.2 Å². The zero-order valence-electron chi connectivity index (χ0n) is 22.4. The van der Waals surface area contributed by atoms with Crippen LogP contribution in [0.25, 0.3) is 16.5 Å². The van der Waals surface area contributed by atoms with Crippen molar-refractivity contribution in [1.82, 2.24) is 14.9 Å². The van der Waals surface area contributed by atoms with Crippen molar-refractivity contribution in [3.63, 3.8) is 0 Å². The summed E-state index contributed by atoms with van der Waals surface area (Å²) in [6.07, 6.45) is 2.93. The third kappa shape index (κ3) is 4.71. The summed E-state index contributed by atoms with van der Waals surface area (Å²) < 4.78 is 28.3. The Bertz CT molecular complexity index is 1830. The largest absolute Gasteiger partial charge is 0.351 e. The van der Waals surface area contributed by atoms with Gasteiger partial charge in [0.1, 0.15) is 0 Å². The fourth-order valence-electron chi connectivity index (χ4n) is 5.71. The molecule has 2 aromatic heterocycles. The highest BCUT2D eigenvalue weighted by Gasteiger charge is 2.42.